The van der Waals surface area contributed by atoms with E-state index >= 15 is 0 Å². The summed E-state index contributed by atoms with van der Waals surface area (Å²) in [6.07, 6.45) is -1.90. The van der Waals surface area contributed by atoms with E-state index in [0.29, 0.717) is 0 Å². The Labute approximate surface area is 166 Å². The van der Waals surface area contributed by atoms with Crippen molar-refractivity contribution in [2.24, 2.45) is 4.40 Å². The molecular formula is C14H19N3O8S3. The van der Waals surface area contributed by atoms with Gasteiger partial charge in [-0.25, -0.2) is 8.42 Å². The number of thiophene rings is 1. The fraction of sp³-hybridized carbons (Fsp3) is 0.500. The minimum absolute atomic E-state index is 0.102. The maximum atomic E-state index is 12.6. The van der Waals surface area contributed by atoms with E-state index in [2.05, 4.69) is 9.71 Å². The van der Waals surface area contributed by atoms with E-state index in [4.69, 9.17) is 9.47 Å². The standard InChI is InChI=1S/C14H19N3O8S3/c1-4-17(5-2)28(22,23)14-10(18)8(6-26-14)15-9-11(13-24-7(3)25-13)27(20,21)16-12(9)19/h6-7,13,15,18H,4-5H2,1-3H3,(H,16,19). The summed E-state index contributed by atoms with van der Waals surface area (Å²) < 4.78 is 64.0. The zero-order valence-corrected chi connectivity index (χ0v) is 17.6. The second kappa shape index (κ2) is 7.27. The predicted octanol–water partition coefficient (Wildman–Crippen LogP) is 1.13. The van der Waals surface area contributed by atoms with Gasteiger partial charge in [0.05, 0.1) is 5.69 Å². The van der Waals surface area contributed by atoms with Crippen LogP contribution in [0.2, 0.25) is 0 Å². The van der Waals surface area contributed by atoms with Crippen molar-refractivity contribution in [1.82, 2.24) is 4.31 Å². The highest BCUT2D eigenvalue weighted by Crippen LogP contribution is 2.41. The second-order valence-electron chi connectivity index (χ2n) is 5.80. The summed E-state index contributed by atoms with van der Waals surface area (Å²) in [6, 6.07) is 0. The Morgan fingerprint density at radius 3 is 2.43 bits per heavy atom. The van der Waals surface area contributed by atoms with Crippen molar-refractivity contribution in [3.8, 4) is 5.75 Å². The smallest absolute Gasteiger partial charge is 0.289 e. The molecule has 0 spiro atoms. The molecule has 0 aliphatic carbocycles. The van der Waals surface area contributed by atoms with E-state index in [9.17, 15) is 27.0 Å². The molecule has 0 bridgehead atoms. The summed E-state index contributed by atoms with van der Waals surface area (Å²) >= 11 is 0.758. The number of nitrogens with zero attached hydrogens (tertiary/aromatic N) is 2. The fourth-order valence-corrected chi connectivity index (χ4v) is 6.71. The lowest BCUT2D eigenvalue weighted by Gasteiger charge is -2.33. The van der Waals surface area contributed by atoms with Gasteiger partial charge in [0.15, 0.2) is 21.2 Å². The molecule has 3 heterocycles. The van der Waals surface area contributed by atoms with Crippen LogP contribution in [0.4, 0.5) is 5.69 Å². The zero-order valence-electron chi connectivity index (χ0n) is 15.1. The molecule has 1 fully saturated rings. The van der Waals surface area contributed by atoms with E-state index in [1.165, 1.54) is 9.69 Å². The molecule has 2 aliphatic rings. The Balaban J connectivity index is 1.99. The first kappa shape index (κ1) is 21.0. The minimum atomic E-state index is -4.24. The summed E-state index contributed by atoms with van der Waals surface area (Å²) in [5.74, 6) is -1.44. The van der Waals surface area contributed by atoms with Gasteiger partial charge in [0.2, 0.25) is 12.2 Å². The van der Waals surface area contributed by atoms with Crippen molar-refractivity contribution in [1.29, 1.82) is 0 Å². The third-order valence-corrected chi connectivity index (χ3v) is 8.98. The Morgan fingerprint density at radius 2 is 1.89 bits per heavy atom. The third-order valence-electron chi connectivity index (χ3n) is 4.07. The molecule has 1 aromatic rings. The van der Waals surface area contributed by atoms with Crippen LogP contribution in [0.25, 0.3) is 0 Å². The quantitative estimate of drug-likeness (QED) is 0.551. The fourth-order valence-electron chi connectivity index (χ4n) is 2.71. The van der Waals surface area contributed by atoms with E-state index < -0.39 is 49.2 Å². The molecule has 1 aromatic heterocycles. The molecule has 0 unspecified atom stereocenters. The molecule has 3 rings (SSSR count). The molecule has 0 aromatic carbocycles. The summed E-state index contributed by atoms with van der Waals surface area (Å²) in [7, 11) is -8.17. The van der Waals surface area contributed by atoms with Gasteiger partial charge in [-0.05, 0) is 6.92 Å². The predicted molar refractivity (Wildman–Crippen MR) is 101 cm³/mol. The number of hydrogen-bond donors (Lipinski definition) is 3. The number of aromatic hydroxyl groups is 1. The minimum Gasteiger partial charge on any atom is -0.504 e. The zero-order chi connectivity index (χ0) is 20.9. The highest BCUT2D eigenvalue weighted by molar-refractivity contribution is 7.94. The molecule has 1 saturated heterocycles. The lowest BCUT2D eigenvalue weighted by Crippen LogP contribution is -2.42. The van der Waals surface area contributed by atoms with Crippen LogP contribution in [0.5, 0.6) is 5.75 Å². The van der Waals surface area contributed by atoms with Crippen LogP contribution >= 0.6 is 11.3 Å². The molecule has 2 aliphatic heterocycles. The van der Waals surface area contributed by atoms with Crippen molar-refractivity contribution >= 4 is 43.0 Å². The van der Waals surface area contributed by atoms with Crippen molar-refractivity contribution in [3.63, 3.8) is 0 Å². The van der Waals surface area contributed by atoms with Gasteiger partial charge < -0.3 is 25.0 Å². The van der Waals surface area contributed by atoms with Crippen LogP contribution in [0.1, 0.15) is 20.8 Å². The van der Waals surface area contributed by atoms with Crippen LogP contribution in [0.15, 0.2) is 24.6 Å². The van der Waals surface area contributed by atoms with Gasteiger partial charge in [0.1, 0.15) is 5.70 Å². The van der Waals surface area contributed by atoms with Gasteiger partial charge in [0.25, 0.3) is 20.0 Å². The van der Waals surface area contributed by atoms with Gasteiger partial charge in [-0.2, -0.15) is 12.7 Å². The van der Waals surface area contributed by atoms with Gasteiger partial charge in [0, 0.05) is 18.5 Å². The number of sulfonamides is 2. The first-order valence-electron chi connectivity index (χ1n) is 8.19. The Morgan fingerprint density at radius 1 is 1.29 bits per heavy atom. The number of ether oxygens (including phenoxy) is 2. The first-order valence-corrected chi connectivity index (χ1v) is 12.0. The lowest BCUT2D eigenvalue weighted by atomic mass is 10.3. The van der Waals surface area contributed by atoms with E-state index in [1.54, 1.807) is 20.8 Å². The van der Waals surface area contributed by atoms with Crippen molar-refractivity contribution in [2.75, 3.05) is 18.4 Å². The molecule has 0 atom stereocenters. The van der Waals surface area contributed by atoms with Crippen molar-refractivity contribution in [2.45, 2.75) is 37.6 Å². The van der Waals surface area contributed by atoms with Crippen LogP contribution < -0.4 is 5.32 Å². The topological polar surface area (TPSA) is 155 Å². The van der Waals surface area contributed by atoms with Crippen molar-refractivity contribution in [3.05, 3.63) is 16.0 Å². The molecule has 3 N–H and O–H groups in total. The van der Waals surface area contributed by atoms with Crippen LogP contribution in [0.3, 0.4) is 0 Å². The summed E-state index contributed by atoms with van der Waals surface area (Å²) in [5, 5.41) is 24.2. The van der Waals surface area contributed by atoms with Gasteiger partial charge in [-0.15, -0.1) is 15.7 Å². The molecule has 11 nitrogen and oxygen atoms in total. The van der Waals surface area contributed by atoms with Gasteiger partial charge in [-0.1, -0.05) is 13.8 Å². The van der Waals surface area contributed by atoms with Crippen molar-refractivity contribution < 1.29 is 36.5 Å². The van der Waals surface area contributed by atoms with Crippen LogP contribution in [0, 0.1) is 0 Å². The molecule has 0 radical (unpaired) electrons. The second-order valence-corrected chi connectivity index (χ2v) is 10.4. The van der Waals surface area contributed by atoms with E-state index in [-0.39, 0.29) is 28.7 Å². The van der Waals surface area contributed by atoms with Gasteiger partial charge in [-0.3, -0.25) is 0 Å². The molecule has 14 heteroatoms. The summed E-state index contributed by atoms with van der Waals surface area (Å²) in [4.78, 5) is -0.457. The monoisotopic (exact) mass is 453 g/mol. The molecular weight excluding hydrogens is 434 g/mol. The number of hydrogen-bond acceptors (Lipinski definition) is 9. The van der Waals surface area contributed by atoms with Gasteiger partial charge >= 0.3 is 0 Å². The molecule has 28 heavy (non-hydrogen) atoms. The summed E-state index contributed by atoms with van der Waals surface area (Å²) in [5.41, 5.74) is -0.453. The lowest BCUT2D eigenvalue weighted by molar-refractivity contribution is -0.356. The SMILES string of the molecule is CCN(CC)S(=O)(=O)c1scc(NC2=C(C3OC(C)O3)S(=O)(=O)N=C2O)c1O. The highest BCUT2D eigenvalue weighted by atomic mass is 32.2. The summed E-state index contributed by atoms with van der Waals surface area (Å²) in [6.45, 7) is 5.32. The van der Waals surface area contributed by atoms with Crippen LogP contribution in [-0.2, 0) is 29.5 Å². The maximum absolute atomic E-state index is 12.6. The number of aliphatic hydroxyl groups is 1. The number of rotatable bonds is 7. The largest absolute Gasteiger partial charge is 0.504 e. The first-order chi connectivity index (χ1) is 13.0. The Hall–Kier alpha value is -1.71. The number of anilines is 1. The van der Waals surface area contributed by atoms with Crippen LogP contribution in [-0.4, -0.2) is 62.9 Å². The average Bonchev–Trinajstić information content (AvgIpc) is 3.03. The van der Waals surface area contributed by atoms with E-state index in [0.717, 1.165) is 11.3 Å². The molecule has 0 saturated carbocycles. The average molecular weight is 454 g/mol. The third kappa shape index (κ3) is 3.40. The van der Waals surface area contributed by atoms with E-state index in [1.807, 2.05) is 0 Å². The number of nitrogens with one attached hydrogen (secondary N) is 1. The Kier molecular flexibility index (Phi) is 5.46. The maximum Gasteiger partial charge on any atom is 0.289 e. The Bertz CT molecular complexity index is 1050. The highest BCUT2D eigenvalue weighted by Gasteiger charge is 2.45. The molecule has 0 amide bonds. The normalized spacial score (nSPS) is 24.4. The molecule has 156 valence electrons. The number of aliphatic hydroxyl groups excluding tert-OH is 1.